The molecule has 0 atom stereocenters. The van der Waals surface area contributed by atoms with Crippen molar-refractivity contribution in [3.05, 3.63) is 63.6 Å². The van der Waals surface area contributed by atoms with E-state index >= 15 is 0 Å². The van der Waals surface area contributed by atoms with Crippen LogP contribution in [0.3, 0.4) is 0 Å². The van der Waals surface area contributed by atoms with E-state index in [2.05, 4.69) is 4.90 Å². The average molecular weight is 435 g/mol. The Kier molecular flexibility index (Phi) is 5.42. The quantitative estimate of drug-likeness (QED) is 0.755. The zero-order valence-electron chi connectivity index (χ0n) is 15.6. The zero-order chi connectivity index (χ0) is 20.6. The fourth-order valence-corrected chi connectivity index (χ4v) is 4.20. The second-order valence-corrected chi connectivity index (χ2v) is 8.33. The molecule has 1 amide bonds. The maximum Gasteiger partial charge on any atom is 0.415 e. The van der Waals surface area contributed by atoms with Gasteiger partial charge in [-0.3, -0.25) is 9.80 Å². The Balaban J connectivity index is 1.39. The standard InChI is InChI=1S/C21H20Cl2N2O4/c22-17-6-1-14(11-18(17)23)12-24-9-7-21(8-10-24)13-25(20(28)29-21)16-4-2-15(3-5-16)19(26)27/h1-6,11H,7-10,12-13H2,(H,26,27). The summed E-state index contributed by atoms with van der Waals surface area (Å²) in [6.45, 7) is 2.85. The van der Waals surface area contributed by atoms with Crippen LogP contribution in [0, 0.1) is 0 Å². The highest BCUT2D eigenvalue weighted by Crippen LogP contribution is 2.36. The minimum absolute atomic E-state index is 0.187. The Morgan fingerprint density at radius 1 is 1.07 bits per heavy atom. The monoisotopic (exact) mass is 434 g/mol. The van der Waals surface area contributed by atoms with Gasteiger partial charge in [0.15, 0.2) is 0 Å². The fraction of sp³-hybridized carbons (Fsp3) is 0.333. The van der Waals surface area contributed by atoms with Crippen LogP contribution in [0.1, 0.15) is 28.8 Å². The number of anilines is 1. The van der Waals surface area contributed by atoms with Gasteiger partial charge in [0.2, 0.25) is 0 Å². The van der Waals surface area contributed by atoms with Crippen LogP contribution in [0.2, 0.25) is 10.0 Å². The van der Waals surface area contributed by atoms with Gasteiger partial charge < -0.3 is 9.84 Å². The largest absolute Gasteiger partial charge is 0.478 e. The van der Waals surface area contributed by atoms with Crippen LogP contribution in [-0.2, 0) is 11.3 Å². The van der Waals surface area contributed by atoms with Crippen molar-refractivity contribution in [3.63, 3.8) is 0 Å². The third-order valence-electron chi connectivity index (χ3n) is 5.55. The van der Waals surface area contributed by atoms with Gasteiger partial charge in [-0.1, -0.05) is 29.3 Å². The number of carbonyl (C=O) groups excluding carboxylic acids is 1. The summed E-state index contributed by atoms with van der Waals surface area (Å²) in [6, 6.07) is 11.9. The molecule has 0 bridgehead atoms. The maximum absolute atomic E-state index is 12.5. The summed E-state index contributed by atoms with van der Waals surface area (Å²) in [7, 11) is 0. The number of hydrogen-bond acceptors (Lipinski definition) is 4. The number of hydrogen-bond donors (Lipinski definition) is 1. The molecule has 2 aliphatic heterocycles. The Bertz CT molecular complexity index is 940. The molecule has 6 nitrogen and oxygen atoms in total. The molecule has 0 aromatic heterocycles. The highest BCUT2D eigenvalue weighted by molar-refractivity contribution is 6.42. The Morgan fingerprint density at radius 3 is 2.38 bits per heavy atom. The second-order valence-electron chi connectivity index (χ2n) is 7.51. The molecule has 2 aromatic carbocycles. The van der Waals surface area contributed by atoms with E-state index < -0.39 is 11.6 Å². The normalized spacial score (nSPS) is 18.8. The van der Waals surface area contributed by atoms with Crippen LogP contribution in [0.25, 0.3) is 0 Å². The summed E-state index contributed by atoms with van der Waals surface area (Å²) in [5, 5.41) is 10.1. The first-order chi connectivity index (χ1) is 13.8. The summed E-state index contributed by atoms with van der Waals surface area (Å²) in [4.78, 5) is 27.4. The van der Waals surface area contributed by atoms with Crippen LogP contribution in [0.5, 0.6) is 0 Å². The summed E-state index contributed by atoms with van der Waals surface area (Å²) in [5.74, 6) is -0.994. The summed E-state index contributed by atoms with van der Waals surface area (Å²) in [6.07, 6.45) is 1.10. The number of carbonyl (C=O) groups is 2. The summed E-state index contributed by atoms with van der Waals surface area (Å²) < 4.78 is 5.77. The predicted molar refractivity (Wildman–Crippen MR) is 111 cm³/mol. The minimum atomic E-state index is -0.994. The Hall–Kier alpha value is -2.28. The van der Waals surface area contributed by atoms with Crippen molar-refractivity contribution in [2.75, 3.05) is 24.5 Å². The lowest BCUT2D eigenvalue weighted by molar-refractivity contribution is -0.000978. The number of benzene rings is 2. The van der Waals surface area contributed by atoms with Crippen molar-refractivity contribution in [1.29, 1.82) is 0 Å². The van der Waals surface area contributed by atoms with Crippen LogP contribution in [0.4, 0.5) is 10.5 Å². The van der Waals surface area contributed by atoms with Gasteiger partial charge in [0, 0.05) is 38.2 Å². The molecule has 0 radical (unpaired) electrons. The minimum Gasteiger partial charge on any atom is -0.478 e. The van der Waals surface area contributed by atoms with E-state index in [1.165, 1.54) is 12.1 Å². The number of carboxylic acid groups (broad SMARTS) is 1. The SMILES string of the molecule is O=C(O)c1ccc(N2CC3(CCN(Cc4ccc(Cl)c(Cl)c4)CC3)OC2=O)cc1. The van der Waals surface area contributed by atoms with E-state index in [-0.39, 0.29) is 11.7 Å². The van der Waals surface area contributed by atoms with Crippen molar-refractivity contribution in [3.8, 4) is 0 Å². The topological polar surface area (TPSA) is 70.1 Å². The molecule has 0 unspecified atom stereocenters. The smallest absolute Gasteiger partial charge is 0.415 e. The molecule has 1 N–H and O–H groups in total. The van der Waals surface area contributed by atoms with Gasteiger partial charge in [0.1, 0.15) is 5.60 Å². The summed E-state index contributed by atoms with van der Waals surface area (Å²) in [5.41, 5.74) is 1.43. The lowest BCUT2D eigenvalue weighted by Crippen LogP contribution is -2.46. The number of ether oxygens (including phenoxy) is 1. The molecule has 1 spiro atoms. The number of amides is 1. The number of halogens is 2. The highest BCUT2D eigenvalue weighted by Gasteiger charge is 2.47. The molecular formula is C21H20Cl2N2O4. The van der Waals surface area contributed by atoms with Gasteiger partial charge in [0.05, 0.1) is 22.2 Å². The number of likely N-dealkylation sites (tertiary alicyclic amines) is 1. The number of carboxylic acids is 1. The van der Waals surface area contributed by atoms with Gasteiger partial charge in [-0.15, -0.1) is 0 Å². The van der Waals surface area contributed by atoms with E-state index in [0.29, 0.717) is 22.3 Å². The molecule has 4 rings (SSSR count). The van der Waals surface area contributed by atoms with Gasteiger partial charge in [-0.05, 0) is 42.0 Å². The van der Waals surface area contributed by atoms with E-state index in [1.54, 1.807) is 23.1 Å². The molecule has 152 valence electrons. The highest BCUT2D eigenvalue weighted by atomic mass is 35.5. The summed E-state index contributed by atoms with van der Waals surface area (Å²) >= 11 is 12.1. The van der Waals surface area contributed by atoms with Crippen molar-refractivity contribution in [2.45, 2.75) is 25.0 Å². The predicted octanol–water partition coefficient (Wildman–Crippen LogP) is 4.68. The molecule has 2 fully saturated rings. The Labute approximate surface area is 178 Å². The van der Waals surface area contributed by atoms with Crippen LogP contribution in [-0.4, -0.2) is 47.3 Å². The first-order valence-corrected chi connectivity index (χ1v) is 10.1. The number of aromatic carboxylic acids is 1. The van der Waals surface area contributed by atoms with Crippen LogP contribution < -0.4 is 4.90 Å². The third kappa shape index (κ3) is 4.20. The maximum atomic E-state index is 12.5. The van der Waals surface area contributed by atoms with Crippen molar-refractivity contribution in [1.82, 2.24) is 4.90 Å². The first-order valence-electron chi connectivity index (χ1n) is 9.35. The van der Waals surface area contributed by atoms with Crippen molar-refractivity contribution in [2.24, 2.45) is 0 Å². The molecule has 2 saturated heterocycles. The fourth-order valence-electron chi connectivity index (χ4n) is 3.88. The average Bonchev–Trinajstić information content (AvgIpc) is 3.03. The molecule has 2 aliphatic rings. The zero-order valence-corrected chi connectivity index (χ0v) is 17.1. The van der Waals surface area contributed by atoms with E-state index in [0.717, 1.165) is 38.0 Å². The second kappa shape index (κ2) is 7.86. The van der Waals surface area contributed by atoms with Crippen LogP contribution >= 0.6 is 23.2 Å². The number of nitrogens with zero attached hydrogens (tertiary/aromatic N) is 2. The third-order valence-corrected chi connectivity index (χ3v) is 6.29. The van der Waals surface area contributed by atoms with Crippen LogP contribution in [0.15, 0.2) is 42.5 Å². The lowest BCUT2D eigenvalue weighted by Gasteiger charge is -2.37. The van der Waals surface area contributed by atoms with Crippen molar-refractivity contribution >= 4 is 41.0 Å². The number of piperidine rings is 1. The molecule has 2 aromatic rings. The van der Waals surface area contributed by atoms with Gasteiger partial charge in [-0.25, -0.2) is 9.59 Å². The molecule has 0 saturated carbocycles. The van der Waals surface area contributed by atoms with Gasteiger partial charge in [-0.2, -0.15) is 0 Å². The molecule has 29 heavy (non-hydrogen) atoms. The lowest BCUT2D eigenvalue weighted by atomic mass is 9.91. The number of rotatable bonds is 4. The van der Waals surface area contributed by atoms with E-state index in [9.17, 15) is 9.59 Å². The van der Waals surface area contributed by atoms with Crippen molar-refractivity contribution < 1.29 is 19.4 Å². The van der Waals surface area contributed by atoms with E-state index in [4.69, 9.17) is 33.0 Å². The molecule has 8 heteroatoms. The van der Waals surface area contributed by atoms with E-state index in [1.807, 2.05) is 12.1 Å². The van der Waals surface area contributed by atoms with Gasteiger partial charge >= 0.3 is 12.1 Å². The molecule has 2 heterocycles. The molecule has 0 aliphatic carbocycles. The molecular weight excluding hydrogens is 415 g/mol. The Morgan fingerprint density at radius 2 is 1.76 bits per heavy atom. The first kappa shape index (κ1) is 20.0. The van der Waals surface area contributed by atoms with Gasteiger partial charge in [0.25, 0.3) is 0 Å².